The Hall–Kier alpha value is -0.560. The first-order chi connectivity index (χ1) is 6.65. The van der Waals surface area contributed by atoms with Crippen LogP contribution in [0.3, 0.4) is 0 Å². The van der Waals surface area contributed by atoms with Gasteiger partial charge in [-0.3, -0.25) is 4.98 Å². The van der Waals surface area contributed by atoms with Gasteiger partial charge in [-0.1, -0.05) is 25.4 Å². The van der Waals surface area contributed by atoms with Crippen molar-refractivity contribution in [1.29, 1.82) is 0 Å². The van der Waals surface area contributed by atoms with Crippen molar-refractivity contribution in [2.45, 2.75) is 39.0 Å². The number of rotatable bonds is 3. The van der Waals surface area contributed by atoms with Gasteiger partial charge < -0.3 is 0 Å². The Kier molecular flexibility index (Phi) is 2.78. The van der Waals surface area contributed by atoms with Gasteiger partial charge in [0.05, 0.1) is 0 Å². The molecule has 76 valence electrons. The van der Waals surface area contributed by atoms with Gasteiger partial charge in [-0.15, -0.1) is 0 Å². The molecule has 1 aliphatic carbocycles. The molecular formula is C12H16ClN. The minimum Gasteiger partial charge on any atom is -0.257 e. The zero-order chi connectivity index (χ0) is 10.1. The maximum atomic E-state index is 6.07. The van der Waals surface area contributed by atoms with E-state index in [4.69, 9.17) is 11.6 Å². The molecule has 0 aromatic carbocycles. The summed E-state index contributed by atoms with van der Waals surface area (Å²) in [6, 6.07) is 4.01. The molecule has 1 fully saturated rings. The standard InChI is InChI=1S/C12H16ClN/c1-8(2)5-11-6-10(13)7-12(14-11)9-3-4-9/h6-9H,3-5H2,1-2H3. The van der Waals surface area contributed by atoms with E-state index in [1.54, 1.807) is 0 Å². The fourth-order valence-electron chi connectivity index (χ4n) is 1.68. The highest BCUT2D eigenvalue weighted by Gasteiger charge is 2.25. The summed E-state index contributed by atoms with van der Waals surface area (Å²) in [4.78, 5) is 4.65. The smallest absolute Gasteiger partial charge is 0.0452 e. The van der Waals surface area contributed by atoms with E-state index in [0.29, 0.717) is 11.8 Å². The fourth-order valence-corrected chi connectivity index (χ4v) is 1.92. The molecule has 1 aliphatic rings. The molecule has 1 aromatic rings. The lowest BCUT2D eigenvalue weighted by molar-refractivity contribution is 0.633. The predicted octanol–water partition coefficient (Wildman–Crippen LogP) is 3.81. The lowest BCUT2D eigenvalue weighted by Gasteiger charge is -2.07. The van der Waals surface area contributed by atoms with E-state index in [0.717, 1.165) is 17.1 Å². The third-order valence-electron chi connectivity index (χ3n) is 2.48. The minimum atomic E-state index is 0.646. The second kappa shape index (κ2) is 3.90. The average molecular weight is 210 g/mol. The van der Waals surface area contributed by atoms with Crippen LogP contribution in [0.1, 0.15) is 44.0 Å². The van der Waals surface area contributed by atoms with Gasteiger partial charge in [0.1, 0.15) is 0 Å². The molecule has 1 aromatic heterocycles. The van der Waals surface area contributed by atoms with Gasteiger partial charge in [-0.05, 0) is 37.3 Å². The molecule has 0 amide bonds. The van der Waals surface area contributed by atoms with E-state index in [2.05, 4.69) is 18.8 Å². The van der Waals surface area contributed by atoms with Crippen LogP contribution in [0.5, 0.6) is 0 Å². The summed E-state index contributed by atoms with van der Waals surface area (Å²) in [7, 11) is 0. The van der Waals surface area contributed by atoms with Crippen molar-refractivity contribution in [2.75, 3.05) is 0 Å². The molecule has 2 heteroatoms. The first-order valence-corrected chi connectivity index (χ1v) is 5.69. The van der Waals surface area contributed by atoms with E-state index in [1.807, 2.05) is 12.1 Å². The van der Waals surface area contributed by atoms with E-state index in [-0.39, 0.29) is 0 Å². The Morgan fingerprint density at radius 1 is 1.43 bits per heavy atom. The zero-order valence-corrected chi connectivity index (χ0v) is 9.51. The van der Waals surface area contributed by atoms with Crippen molar-refractivity contribution in [3.63, 3.8) is 0 Å². The van der Waals surface area contributed by atoms with Crippen LogP contribution in [0.2, 0.25) is 5.02 Å². The maximum Gasteiger partial charge on any atom is 0.0452 e. The first kappa shape index (κ1) is 9.97. The van der Waals surface area contributed by atoms with Crippen LogP contribution in [-0.4, -0.2) is 4.98 Å². The Bertz CT molecular complexity index is 329. The lowest BCUT2D eigenvalue weighted by Crippen LogP contribution is -1.99. The van der Waals surface area contributed by atoms with Crippen LogP contribution in [0.15, 0.2) is 12.1 Å². The molecule has 1 saturated carbocycles. The van der Waals surface area contributed by atoms with Gasteiger partial charge in [-0.25, -0.2) is 0 Å². The number of aromatic nitrogens is 1. The average Bonchev–Trinajstić information content (AvgIpc) is 2.82. The zero-order valence-electron chi connectivity index (χ0n) is 8.76. The highest BCUT2D eigenvalue weighted by atomic mass is 35.5. The molecular weight excluding hydrogens is 194 g/mol. The van der Waals surface area contributed by atoms with E-state index in [9.17, 15) is 0 Å². The van der Waals surface area contributed by atoms with Crippen molar-refractivity contribution in [1.82, 2.24) is 4.98 Å². The van der Waals surface area contributed by atoms with Crippen molar-refractivity contribution in [2.24, 2.45) is 5.92 Å². The fraction of sp³-hybridized carbons (Fsp3) is 0.583. The largest absolute Gasteiger partial charge is 0.257 e. The van der Waals surface area contributed by atoms with Gasteiger partial charge in [-0.2, -0.15) is 0 Å². The van der Waals surface area contributed by atoms with Gasteiger partial charge in [0.25, 0.3) is 0 Å². The number of nitrogens with zero attached hydrogens (tertiary/aromatic N) is 1. The van der Waals surface area contributed by atoms with Crippen LogP contribution >= 0.6 is 11.6 Å². The van der Waals surface area contributed by atoms with E-state index >= 15 is 0 Å². The SMILES string of the molecule is CC(C)Cc1cc(Cl)cc(C2CC2)n1. The summed E-state index contributed by atoms with van der Waals surface area (Å²) >= 11 is 6.07. The summed E-state index contributed by atoms with van der Waals surface area (Å²) in [5.74, 6) is 1.34. The number of hydrogen-bond acceptors (Lipinski definition) is 1. The molecule has 1 nitrogen and oxygen atoms in total. The summed E-state index contributed by atoms with van der Waals surface area (Å²) < 4.78 is 0. The Labute approximate surface area is 90.5 Å². The summed E-state index contributed by atoms with van der Waals surface area (Å²) in [5.41, 5.74) is 2.35. The topological polar surface area (TPSA) is 12.9 Å². The molecule has 0 spiro atoms. The summed E-state index contributed by atoms with van der Waals surface area (Å²) in [5, 5.41) is 0.845. The van der Waals surface area contributed by atoms with Gasteiger partial charge in [0, 0.05) is 22.3 Å². The van der Waals surface area contributed by atoms with Crippen molar-refractivity contribution in [3.05, 3.63) is 28.5 Å². The molecule has 14 heavy (non-hydrogen) atoms. The predicted molar refractivity (Wildman–Crippen MR) is 59.8 cm³/mol. The Morgan fingerprint density at radius 2 is 2.14 bits per heavy atom. The summed E-state index contributed by atoms with van der Waals surface area (Å²) in [6.07, 6.45) is 3.60. The summed E-state index contributed by atoms with van der Waals surface area (Å²) in [6.45, 7) is 4.42. The van der Waals surface area contributed by atoms with Crippen LogP contribution in [0, 0.1) is 5.92 Å². The highest BCUT2D eigenvalue weighted by molar-refractivity contribution is 6.30. The Balaban J connectivity index is 2.22. The quantitative estimate of drug-likeness (QED) is 0.738. The molecule has 0 unspecified atom stereocenters. The molecule has 0 bridgehead atoms. The highest BCUT2D eigenvalue weighted by Crippen LogP contribution is 2.39. The normalized spacial score (nSPS) is 16.3. The third-order valence-corrected chi connectivity index (χ3v) is 2.69. The molecule has 0 saturated heterocycles. The second-order valence-electron chi connectivity index (χ2n) is 4.57. The Morgan fingerprint density at radius 3 is 2.71 bits per heavy atom. The lowest BCUT2D eigenvalue weighted by atomic mass is 10.1. The first-order valence-electron chi connectivity index (χ1n) is 5.31. The van der Waals surface area contributed by atoms with Crippen LogP contribution < -0.4 is 0 Å². The van der Waals surface area contributed by atoms with E-state index < -0.39 is 0 Å². The van der Waals surface area contributed by atoms with Crippen molar-refractivity contribution in [3.8, 4) is 0 Å². The maximum absolute atomic E-state index is 6.07. The monoisotopic (exact) mass is 209 g/mol. The van der Waals surface area contributed by atoms with Crippen LogP contribution in [-0.2, 0) is 6.42 Å². The molecule has 0 atom stereocenters. The number of hydrogen-bond donors (Lipinski definition) is 0. The minimum absolute atomic E-state index is 0.646. The number of pyridine rings is 1. The number of halogens is 1. The van der Waals surface area contributed by atoms with E-state index in [1.165, 1.54) is 18.5 Å². The van der Waals surface area contributed by atoms with Gasteiger partial charge in [0.2, 0.25) is 0 Å². The third kappa shape index (κ3) is 2.48. The molecule has 0 N–H and O–H groups in total. The molecule has 0 radical (unpaired) electrons. The van der Waals surface area contributed by atoms with Crippen molar-refractivity contribution >= 4 is 11.6 Å². The van der Waals surface area contributed by atoms with Crippen LogP contribution in [0.4, 0.5) is 0 Å². The molecule has 1 heterocycles. The van der Waals surface area contributed by atoms with Crippen LogP contribution in [0.25, 0.3) is 0 Å². The van der Waals surface area contributed by atoms with Gasteiger partial charge >= 0.3 is 0 Å². The molecule has 0 aliphatic heterocycles. The van der Waals surface area contributed by atoms with Crippen molar-refractivity contribution < 1.29 is 0 Å². The molecule has 2 rings (SSSR count). The second-order valence-corrected chi connectivity index (χ2v) is 5.01. The van der Waals surface area contributed by atoms with Gasteiger partial charge in [0.15, 0.2) is 0 Å².